The van der Waals surface area contributed by atoms with Gasteiger partial charge in [0.05, 0.1) is 23.8 Å². The maximum atomic E-state index is 12.3. The van der Waals surface area contributed by atoms with E-state index >= 15 is 0 Å². The highest BCUT2D eigenvalue weighted by Crippen LogP contribution is 2.40. The molecule has 2 aliphatic rings. The molecule has 4 rings (SSSR count). The van der Waals surface area contributed by atoms with Crippen molar-refractivity contribution < 1.29 is 4.79 Å². The van der Waals surface area contributed by atoms with Crippen LogP contribution < -0.4 is 10.6 Å². The zero-order valence-electron chi connectivity index (χ0n) is 11.7. The molecule has 1 amide bonds. The van der Waals surface area contributed by atoms with E-state index in [0.29, 0.717) is 18.9 Å². The Kier molecular flexibility index (Phi) is 3.00. The molecule has 1 aromatic heterocycles. The molecule has 1 saturated carbocycles. The molecule has 1 aliphatic carbocycles. The predicted molar refractivity (Wildman–Crippen MR) is 78.7 cm³/mol. The lowest BCUT2D eigenvalue weighted by atomic mass is 10.0. The second-order valence-corrected chi connectivity index (χ2v) is 5.83. The van der Waals surface area contributed by atoms with E-state index in [2.05, 4.69) is 32.7 Å². The van der Waals surface area contributed by atoms with E-state index in [0.717, 1.165) is 17.8 Å². The van der Waals surface area contributed by atoms with Crippen molar-refractivity contribution in [1.82, 2.24) is 20.6 Å². The van der Waals surface area contributed by atoms with Crippen LogP contribution in [0.2, 0.25) is 0 Å². The van der Waals surface area contributed by atoms with E-state index in [1.807, 2.05) is 18.2 Å². The van der Waals surface area contributed by atoms with Gasteiger partial charge in [0.15, 0.2) is 0 Å². The van der Waals surface area contributed by atoms with Crippen LogP contribution in [0.5, 0.6) is 0 Å². The SMILES string of the molecule is O=C(NC1CC1c1ccccc1)C1Cc2nc[nH]c2CN1. The minimum absolute atomic E-state index is 0.0899. The van der Waals surface area contributed by atoms with E-state index in [9.17, 15) is 4.79 Å². The van der Waals surface area contributed by atoms with Gasteiger partial charge in [0.1, 0.15) is 0 Å². The molecule has 3 atom stereocenters. The van der Waals surface area contributed by atoms with Gasteiger partial charge in [-0.2, -0.15) is 0 Å². The van der Waals surface area contributed by atoms with Crippen LogP contribution in [0.4, 0.5) is 0 Å². The topological polar surface area (TPSA) is 69.8 Å². The molecule has 0 spiro atoms. The first-order chi connectivity index (χ1) is 10.3. The number of H-pyrrole nitrogens is 1. The number of imidazole rings is 1. The van der Waals surface area contributed by atoms with Crippen LogP contribution in [0.15, 0.2) is 36.7 Å². The van der Waals surface area contributed by atoms with Crippen LogP contribution in [-0.4, -0.2) is 28.0 Å². The summed E-state index contributed by atoms with van der Waals surface area (Å²) < 4.78 is 0. The standard InChI is InChI=1S/C16H18N4O/c21-16(14-7-13-15(8-17-14)19-9-18-13)20-12-6-11(12)10-4-2-1-3-5-10/h1-5,9,11-12,14,17H,6-8H2,(H,18,19)(H,20,21). The number of hydrogen-bond acceptors (Lipinski definition) is 3. The van der Waals surface area contributed by atoms with Crippen LogP contribution in [-0.2, 0) is 17.8 Å². The molecule has 5 nitrogen and oxygen atoms in total. The Balaban J connectivity index is 1.36. The number of nitrogens with zero attached hydrogens (tertiary/aromatic N) is 1. The number of carbonyl (C=O) groups is 1. The van der Waals surface area contributed by atoms with Gasteiger partial charge in [-0.1, -0.05) is 30.3 Å². The van der Waals surface area contributed by atoms with Gasteiger partial charge >= 0.3 is 0 Å². The summed E-state index contributed by atoms with van der Waals surface area (Å²) in [5.41, 5.74) is 3.41. The molecular formula is C16H18N4O. The molecule has 21 heavy (non-hydrogen) atoms. The summed E-state index contributed by atoms with van der Waals surface area (Å²) in [6, 6.07) is 10.5. The van der Waals surface area contributed by atoms with Gasteiger partial charge in [0, 0.05) is 24.9 Å². The molecule has 0 saturated heterocycles. The number of carbonyl (C=O) groups excluding carboxylic acids is 1. The van der Waals surface area contributed by atoms with Crippen molar-refractivity contribution in [2.45, 2.75) is 37.4 Å². The number of aromatic nitrogens is 2. The monoisotopic (exact) mass is 282 g/mol. The fraction of sp³-hybridized carbons (Fsp3) is 0.375. The summed E-state index contributed by atoms with van der Waals surface area (Å²) in [4.78, 5) is 19.7. The molecule has 5 heteroatoms. The second kappa shape index (κ2) is 5.00. The first-order valence-corrected chi connectivity index (χ1v) is 7.41. The summed E-state index contributed by atoms with van der Waals surface area (Å²) in [5.74, 6) is 0.562. The Bertz CT molecular complexity index is 651. The van der Waals surface area contributed by atoms with Crippen molar-refractivity contribution in [2.75, 3.05) is 0 Å². The van der Waals surface area contributed by atoms with Gasteiger partial charge in [-0.05, 0) is 12.0 Å². The lowest BCUT2D eigenvalue weighted by Gasteiger charge is -2.22. The number of amides is 1. The summed E-state index contributed by atoms with van der Waals surface area (Å²) in [6.07, 6.45) is 3.39. The lowest BCUT2D eigenvalue weighted by Crippen LogP contribution is -2.48. The van der Waals surface area contributed by atoms with E-state index in [-0.39, 0.29) is 18.0 Å². The number of nitrogens with one attached hydrogen (secondary N) is 3. The van der Waals surface area contributed by atoms with E-state index in [4.69, 9.17) is 0 Å². The third-order valence-electron chi connectivity index (χ3n) is 4.39. The number of aromatic amines is 1. The van der Waals surface area contributed by atoms with Crippen molar-refractivity contribution in [3.63, 3.8) is 0 Å². The number of rotatable bonds is 3. The zero-order chi connectivity index (χ0) is 14.2. The molecule has 2 aromatic rings. The first-order valence-electron chi connectivity index (χ1n) is 7.41. The minimum atomic E-state index is -0.169. The lowest BCUT2D eigenvalue weighted by molar-refractivity contribution is -0.123. The highest BCUT2D eigenvalue weighted by Gasteiger charge is 2.40. The van der Waals surface area contributed by atoms with E-state index < -0.39 is 0 Å². The van der Waals surface area contributed by atoms with Crippen LogP contribution in [0, 0.1) is 0 Å². The average Bonchev–Trinajstić information content (AvgIpc) is 3.12. The summed E-state index contributed by atoms with van der Waals surface area (Å²) in [7, 11) is 0. The summed E-state index contributed by atoms with van der Waals surface area (Å²) >= 11 is 0. The fourth-order valence-corrected chi connectivity index (χ4v) is 3.06. The van der Waals surface area contributed by atoms with Gasteiger partial charge in [0.25, 0.3) is 0 Å². The maximum absolute atomic E-state index is 12.3. The van der Waals surface area contributed by atoms with Crippen molar-refractivity contribution in [1.29, 1.82) is 0 Å². The molecule has 1 aliphatic heterocycles. The Morgan fingerprint density at radius 2 is 2.14 bits per heavy atom. The number of hydrogen-bond donors (Lipinski definition) is 3. The number of fused-ring (bicyclic) bond motifs is 1. The second-order valence-electron chi connectivity index (χ2n) is 5.83. The Hall–Kier alpha value is -2.14. The van der Waals surface area contributed by atoms with Crippen molar-refractivity contribution in [2.24, 2.45) is 0 Å². The largest absolute Gasteiger partial charge is 0.351 e. The third kappa shape index (κ3) is 2.45. The first kappa shape index (κ1) is 12.6. The van der Waals surface area contributed by atoms with Crippen molar-refractivity contribution >= 4 is 5.91 Å². The molecule has 1 fully saturated rings. The third-order valence-corrected chi connectivity index (χ3v) is 4.39. The Labute approximate surface area is 123 Å². The Morgan fingerprint density at radius 1 is 1.29 bits per heavy atom. The van der Waals surface area contributed by atoms with E-state index in [1.54, 1.807) is 6.33 Å². The van der Waals surface area contributed by atoms with Gasteiger partial charge in [-0.25, -0.2) is 4.98 Å². The highest BCUT2D eigenvalue weighted by atomic mass is 16.2. The van der Waals surface area contributed by atoms with Gasteiger partial charge in [-0.3, -0.25) is 10.1 Å². The summed E-state index contributed by atoms with van der Waals surface area (Å²) in [6.45, 7) is 0.681. The molecule has 3 unspecified atom stereocenters. The van der Waals surface area contributed by atoms with Gasteiger partial charge < -0.3 is 10.3 Å². The molecule has 1 aromatic carbocycles. The number of benzene rings is 1. The fourth-order valence-electron chi connectivity index (χ4n) is 3.06. The van der Waals surface area contributed by atoms with Crippen LogP contribution in [0.25, 0.3) is 0 Å². The average molecular weight is 282 g/mol. The Morgan fingerprint density at radius 3 is 3.00 bits per heavy atom. The van der Waals surface area contributed by atoms with Crippen LogP contribution in [0.3, 0.4) is 0 Å². The smallest absolute Gasteiger partial charge is 0.237 e. The van der Waals surface area contributed by atoms with Crippen molar-refractivity contribution in [3.8, 4) is 0 Å². The minimum Gasteiger partial charge on any atom is -0.351 e. The molecule has 108 valence electrons. The zero-order valence-corrected chi connectivity index (χ0v) is 11.7. The van der Waals surface area contributed by atoms with Gasteiger partial charge in [-0.15, -0.1) is 0 Å². The highest BCUT2D eigenvalue weighted by molar-refractivity contribution is 5.83. The quantitative estimate of drug-likeness (QED) is 0.789. The van der Waals surface area contributed by atoms with Crippen LogP contribution >= 0.6 is 0 Å². The molecule has 0 bridgehead atoms. The maximum Gasteiger partial charge on any atom is 0.237 e. The predicted octanol–water partition coefficient (Wildman–Crippen LogP) is 1.10. The molecular weight excluding hydrogens is 264 g/mol. The molecule has 2 heterocycles. The van der Waals surface area contributed by atoms with Crippen LogP contribution in [0.1, 0.15) is 29.3 Å². The molecule has 3 N–H and O–H groups in total. The molecule has 0 radical (unpaired) electrons. The van der Waals surface area contributed by atoms with Crippen molar-refractivity contribution in [3.05, 3.63) is 53.6 Å². The summed E-state index contributed by atoms with van der Waals surface area (Å²) in [5, 5.41) is 6.42. The normalized spacial score (nSPS) is 27.0. The van der Waals surface area contributed by atoms with Gasteiger partial charge in [0.2, 0.25) is 5.91 Å². The van der Waals surface area contributed by atoms with E-state index in [1.165, 1.54) is 5.56 Å².